The van der Waals surface area contributed by atoms with Gasteiger partial charge in [0.25, 0.3) is 11.8 Å². The molecule has 0 atom stereocenters. The molecule has 1 aliphatic rings. The topological polar surface area (TPSA) is 40.6 Å². The van der Waals surface area contributed by atoms with E-state index in [1.54, 1.807) is 0 Å². The lowest BCUT2D eigenvalue weighted by Crippen LogP contribution is -2.34. The molecule has 0 fully saturated rings. The Labute approximate surface area is 146 Å². The minimum absolute atomic E-state index is 0.188. The fraction of sp³-hybridized carbons (Fsp3) is 0.263. The van der Waals surface area contributed by atoms with Crippen molar-refractivity contribution in [2.24, 2.45) is 0 Å². The van der Waals surface area contributed by atoms with E-state index in [-0.39, 0.29) is 11.8 Å². The number of rotatable bonds is 6. The number of nitrogens with zero attached hydrogens (tertiary/aromatic N) is 2. The molecule has 0 unspecified atom stereocenters. The van der Waals surface area contributed by atoms with E-state index in [0.717, 1.165) is 10.4 Å². The van der Waals surface area contributed by atoms with Crippen molar-refractivity contribution in [3.05, 3.63) is 64.0 Å². The van der Waals surface area contributed by atoms with Gasteiger partial charge in [-0.15, -0.1) is 11.3 Å². The smallest absolute Gasteiger partial charge is 0.277 e. The molecular formula is C19H20N2O2S. The Kier molecular flexibility index (Phi) is 4.81. The zero-order chi connectivity index (χ0) is 17.1. The van der Waals surface area contributed by atoms with E-state index in [1.165, 1.54) is 16.2 Å². The first-order valence-electron chi connectivity index (χ1n) is 8.10. The summed E-state index contributed by atoms with van der Waals surface area (Å²) < 4.78 is 0. The summed E-state index contributed by atoms with van der Waals surface area (Å²) in [6, 6.07) is 13.8. The van der Waals surface area contributed by atoms with E-state index in [2.05, 4.69) is 0 Å². The summed E-state index contributed by atoms with van der Waals surface area (Å²) in [6.45, 7) is 5.50. The number of hydrogen-bond donors (Lipinski definition) is 0. The van der Waals surface area contributed by atoms with E-state index < -0.39 is 0 Å². The van der Waals surface area contributed by atoms with Crippen LogP contribution in [0, 0.1) is 0 Å². The van der Waals surface area contributed by atoms with Gasteiger partial charge in [0.05, 0.1) is 5.57 Å². The third kappa shape index (κ3) is 2.87. The molecule has 0 spiro atoms. The van der Waals surface area contributed by atoms with Gasteiger partial charge in [0.15, 0.2) is 0 Å². The summed E-state index contributed by atoms with van der Waals surface area (Å²) in [7, 11) is 0. The van der Waals surface area contributed by atoms with Crippen LogP contribution in [0.25, 0.3) is 5.57 Å². The molecule has 0 saturated carbocycles. The number of imide groups is 1. The van der Waals surface area contributed by atoms with Gasteiger partial charge in [-0.05, 0) is 30.9 Å². The number of benzene rings is 1. The van der Waals surface area contributed by atoms with Gasteiger partial charge in [0.1, 0.15) is 5.70 Å². The first-order valence-corrected chi connectivity index (χ1v) is 8.98. The van der Waals surface area contributed by atoms with E-state index in [9.17, 15) is 9.59 Å². The largest absolute Gasteiger partial charge is 0.362 e. The number of likely N-dealkylation sites (N-methyl/N-ethyl adjacent to an activating group) is 2. The second kappa shape index (κ2) is 7.01. The molecule has 124 valence electrons. The van der Waals surface area contributed by atoms with Crippen molar-refractivity contribution in [3.8, 4) is 0 Å². The summed E-state index contributed by atoms with van der Waals surface area (Å²) in [5, 5.41) is 1.93. The molecule has 0 radical (unpaired) electrons. The van der Waals surface area contributed by atoms with Crippen LogP contribution < -0.4 is 0 Å². The Bertz CT molecular complexity index is 766. The molecule has 1 aromatic heterocycles. The molecule has 3 rings (SSSR count). The molecule has 0 bridgehead atoms. The average Bonchev–Trinajstić information content (AvgIpc) is 3.20. The summed E-state index contributed by atoms with van der Waals surface area (Å²) in [6.07, 6.45) is 0. The number of carbonyl (C=O) groups is 2. The highest BCUT2D eigenvalue weighted by Gasteiger charge is 2.40. The number of amides is 2. The molecule has 4 nitrogen and oxygen atoms in total. The van der Waals surface area contributed by atoms with E-state index in [1.807, 2.05) is 66.6 Å². The Morgan fingerprint density at radius 3 is 2.33 bits per heavy atom. The van der Waals surface area contributed by atoms with Gasteiger partial charge in [-0.2, -0.15) is 0 Å². The first-order chi connectivity index (χ1) is 11.7. The maximum atomic E-state index is 12.9. The zero-order valence-corrected chi connectivity index (χ0v) is 14.7. The maximum absolute atomic E-state index is 12.9. The van der Waals surface area contributed by atoms with Gasteiger partial charge in [-0.1, -0.05) is 36.4 Å². The highest BCUT2D eigenvalue weighted by atomic mass is 32.1. The van der Waals surface area contributed by atoms with Crippen molar-refractivity contribution in [2.75, 3.05) is 13.1 Å². The fourth-order valence-electron chi connectivity index (χ4n) is 2.94. The van der Waals surface area contributed by atoms with Gasteiger partial charge in [0.2, 0.25) is 0 Å². The van der Waals surface area contributed by atoms with Crippen LogP contribution in [0.1, 0.15) is 24.3 Å². The average molecular weight is 340 g/mol. The SMILES string of the molecule is CCN(Cc1ccccc1)C1=C(c2cccs2)C(=O)N(CC)C1=O. The molecule has 5 heteroatoms. The predicted molar refractivity (Wildman–Crippen MR) is 96.2 cm³/mol. The normalized spacial score (nSPS) is 14.7. The standard InChI is InChI=1S/C19H20N2O2S/c1-3-20(13-14-9-6-5-7-10-14)17-16(15-11-8-12-24-15)18(22)21(4-2)19(17)23/h5-12H,3-4,13H2,1-2H3. The van der Waals surface area contributed by atoms with Crippen molar-refractivity contribution < 1.29 is 9.59 Å². The first kappa shape index (κ1) is 16.5. The van der Waals surface area contributed by atoms with Crippen molar-refractivity contribution in [3.63, 3.8) is 0 Å². The van der Waals surface area contributed by atoms with E-state index >= 15 is 0 Å². The van der Waals surface area contributed by atoms with E-state index in [4.69, 9.17) is 0 Å². The van der Waals surface area contributed by atoms with Crippen LogP contribution in [0.5, 0.6) is 0 Å². The van der Waals surface area contributed by atoms with Crippen LogP contribution in [0.15, 0.2) is 53.5 Å². The number of thiophene rings is 1. The van der Waals surface area contributed by atoms with Crippen molar-refractivity contribution in [1.29, 1.82) is 0 Å². The second-order valence-electron chi connectivity index (χ2n) is 5.56. The minimum Gasteiger partial charge on any atom is -0.362 e. The Morgan fingerprint density at radius 2 is 1.75 bits per heavy atom. The lowest BCUT2D eigenvalue weighted by molar-refractivity contribution is -0.137. The summed E-state index contributed by atoms with van der Waals surface area (Å²) in [5.41, 5.74) is 2.18. The minimum atomic E-state index is -0.191. The molecule has 1 aromatic carbocycles. The summed E-state index contributed by atoms with van der Waals surface area (Å²) >= 11 is 1.49. The Balaban J connectivity index is 2.05. The van der Waals surface area contributed by atoms with Gasteiger partial charge < -0.3 is 4.90 Å². The quantitative estimate of drug-likeness (QED) is 0.757. The summed E-state index contributed by atoms with van der Waals surface area (Å²) in [5.74, 6) is -0.379. The third-order valence-electron chi connectivity index (χ3n) is 4.14. The molecule has 2 aromatic rings. The molecule has 2 amide bonds. The highest BCUT2D eigenvalue weighted by molar-refractivity contribution is 7.11. The molecule has 2 heterocycles. The monoisotopic (exact) mass is 340 g/mol. The van der Waals surface area contributed by atoms with Gasteiger partial charge in [-0.25, -0.2) is 0 Å². The van der Waals surface area contributed by atoms with Crippen molar-refractivity contribution in [2.45, 2.75) is 20.4 Å². The van der Waals surface area contributed by atoms with Crippen LogP contribution in [0.3, 0.4) is 0 Å². The number of hydrogen-bond acceptors (Lipinski definition) is 4. The van der Waals surface area contributed by atoms with Crippen molar-refractivity contribution >= 4 is 28.7 Å². The van der Waals surface area contributed by atoms with Gasteiger partial charge in [-0.3, -0.25) is 14.5 Å². The van der Waals surface area contributed by atoms with Gasteiger partial charge >= 0.3 is 0 Å². The molecule has 0 N–H and O–H groups in total. The molecule has 0 aliphatic carbocycles. The molecular weight excluding hydrogens is 320 g/mol. The maximum Gasteiger partial charge on any atom is 0.277 e. The lowest BCUT2D eigenvalue weighted by Gasteiger charge is -2.24. The second-order valence-corrected chi connectivity index (χ2v) is 6.50. The zero-order valence-electron chi connectivity index (χ0n) is 13.9. The number of carbonyl (C=O) groups excluding carboxylic acids is 2. The predicted octanol–water partition coefficient (Wildman–Crippen LogP) is 3.37. The lowest BCUT2D eigenvalue weighted by atomic mass is 10.1. The van der Waals surface area contributed by atoms with Crippen molar-refractivity contribution in [1.82, 2.24) is 9.80 Å². The Morgan fingerprint density at radius 1 is 1.00 bits per heavy atom. The van der Waals surface area contributed by atoms with Crippen LogP contribution in [-0.4, -0.2) is 34.7 Å². The van der Waals surface area contributed by atoms with Crippen LogP contribution in [0.4, 0.5) is 0 Å². The van der Waals surface area contributed by atoms with Crippen LogP contribution in [0.2, 0.25) is 0 Å². The molecule has 1 aliphatic heterocycles. The van der Waals surface area contributed by atoms with Crippen LogP contribution >= 0.6 is 11.3 Å². The fourth-order valence-corrected chi connectivity index (χ4v) is 3.70. The van der Waals surface area contributed by atoms with Gasteiger partial charge in [0, 0.05) is 24.5 Å². The summed E-state index contributed by atoms with van der Waals surface area (Å²) in [4.78, 5) is 29.8. The van der Waals surface area contributed by atoms with Crippen LogP contribution in [-0.2, 0) is 16.1 Å². The van der Waals surface area contributed by atoms with E-state index in [0.29, 0.717) is 30.9 Å². The molecule has 24 heavy (non-hydrogen) atoms. The highest BCUT2D eigenvalue weighted by Crippen LogP contribution is 2.34. The third-order valence-corrected chi connectivity index (χ3v) is 5.03. The molecule has 0 saturated heterocycles. The Hall–Kier alpha value is -2.40.